The van der Waals surface area contributed by atoms with Crippen molar-refractivity contribution in [2.75, 3.05) is 4.72 Å². The predicted molar refractivity (Wildman–Crippen MR) is 78.4 cm³/mol. The average Bonchev–Trinajstić information content (AvgIpc) is 2.94. The van der Waals surface area contributed by atoms with Crippen LogP contribution >= 0.6 is 0 Å². The van der Waals surface area contributed by atoms with Crippen LogP contribution in [0.15, 0.2) is 52.0 Å². The van der Waals surface area contributed by atoms with Gasteiger partial charge in [0.15, 0.2) is 0 Å². The Balaban J connectivity index is 1.98. The van der Waals surface area contributed by atoms with Gasteiger partial charge in [0.05, 0.1) is 10.6 Å². The summed E-state index contributed by atoms with van der Waals surface area (Å²) in [6, 6.07) is 11.8. The van der Waals surface area contributed by atoms with Gasteiger partial charge in [0.25, 0.3) is 10.0 Å². The molecule has 3 rings (SSSR count). The molecule has 0 saturated heterocycles. The van der Waals surface area contributed by atoms with Gasteiger partial charge >= 0.3 is 0 Å². The lowest BCUT2D eigenvalue weighted by Crippen LogP contribution is -2.14. The maximum Gasteiger partial charge on any atom is 0.262 e. The van der Waals surface area contributed by atoms with Gasteiger partial charge in [-0.25, -0.2) is 13.0 Å². The number of nitrogens with zero attached hydrogens (tertiary/aromatic N) is 2. The molecule has 6 nitrogen and oxygen atoms in total. The third kappa shape index (κ3) is 2.59. The molecule has 1 aromatic heterocycles. The summed E-state index contributed by atoms with van der Waals surface area (Å²) in [5.74, 6) is 0. The minimum absolute atomic E-state index is 0.283. The molecule has 0 spiro atoms. The van der Waals surface area contributed by atoms with Crippen molar-refractivity contribution in [1.29, 1.82) is 0 Å². The Kier molecular flexibility index (Phi) is 3.34. The highest BCUT2D eigenvalue weighted by Crippen LogP contribution is 2.22. The van der Waals surface area contributed by atoms with Crippen molar-refractivity contribution in [2.45, 2.75) is 18.2 Å². The van der Waals surface area contributed by atoms with Crippen molar-refractivity contribution in [3.8, 4) is 0 Å². The van der Waals surface area contributed by atoms with Crippen molar-refractivity contribution in [1.82, 2.24) is 10.3 Å². The molecule has 0 aliphatic heterocycles. The topological polar surface area (TPSA) is 85.1 Å². The van der Waals surface area contributed by atoms with E-state index in [1.54, 1.807) is 36.4 Å². The van der Waals surface area contributed by atoms with Gasteiger partial charge in [-0.15, -0.1) is 0 Å². The number of aryl methyl sites for hydroxylation is 1. The molecule has 1 heterocycles. The number of hydrogen-bond donors (Lipinski definition) is 1. The van der Waals surface area contributed by atoms with Crippen LogP contribution in [0.3, 0.4) is 0 Å². The van der Waals surface area contributed by atoms with Gasteiger partial charge in [0, 0.05) is 0 Å². The minimum atomic E-state index is -3.64. The molecule has 0 unspecified atom stereocenters. The highest BCUT2D eigenvalue weighted by atomic mass is 32.2. The summed E-state index contributed by atoms with van der Waals surface area (Å²) in [6.07, 6.45) is 0.642. The second-order valence-corrected chi connectivity index (χ2v) is 6.19. The molecular weight excluding hydrogens is 290 g/mol. The van der Waals surface area contributed by atoms with Crippen LogP contribution in [0.2, 0.25) is 0 Å². The van der Waals surface area contributed by atoms with E-state index in [1.807, 2.05) is 13.0 Å². The lowest BCUT2D eigenvalue weighted by Gasteiger charge is -2.11. The molecule has 0 radical (unpaired) electrons. The van der Waals surface area contributed by atoms with Gasteiger partial charge in [0.2, 0.25) is 0 Å². The smallest absolute Gasteiger partial charge is 0.262 e. The zero-order valence-electron chi connectivity index (χ0n) is 11.3. The summed E-state index contributed by atoms with van der Waals surface area (Å²) in [6.45, 7) is 1.92. The Morgan fingerprint density at radius 2 is 1.86 bits per heavy atom. The number of anilines is 1. The third-order valence-electron chi connectivity index (χ3n) is 3.15. The van der Waals surface area contributed by atoms with E-state index in [-0.39, 0.29) is 4.90 Å². The number of sulfonamides is 1. The van der Waals surface area contributed by atoms with Gasteiger partial charge < -0.3 is 0 Å². The van der Waals surface area contributed by atoms with Crippen molar-refractivity contribution in [2.24, 2.45) is 0 Å². The summed E-state index contributed by atoms with van der Waals surface area (Å²) < 4.78 is 32.1. The molecule has 1 N–H and O–H groups in total. The molecule has 7 heteroatoms. The van der Waals surface area contributed by atoms with Gasteiger partial charge in [-0.1, -0.05) is 25.1 Å². The van der Waals surface area contributed by atoms with Gasteiger partial charge in [-0.05, 0) is 46.6 Å². The fourth-order valence-electron chi connectivity index (χ4n) is 2.11. The fraction of sp³-hybridized carbons (Fsp3) is 0.143. The average molecular weight is 303 g/mol. The van der Waals surface area contributed by atoms with Crippen molar-refractivity contribution in [3.05, 3.63) is 48.0 Å². The first kappa shape index (κ1) is 13.6. The fourth-order valence-corrected chi connectivity index (χ4v) is 3.48. The second kappa shape index (κ2) is 5.17. The van der Waals surface area contributed by atoms with Gasteiger partial charge in [-0.2, -0.15) is 0 Å². The second-order valence-electron chi connectivity index (χ2n) is 4.53. The molecule has 0 atom stereocenters. The maximum atomic E-state index is 12.5. The van der Waals surface area contributed by atoms with E-state index in [2.05, 4.69) is 19.7 Å². The summed E-state index contributed by atoms with van der Waals surface area (Å²) in [5, 5.41) is 7.37. The summed E-state index contributed by atoms with van der Waals surface area (Å²) in [5.41, 5.74) is 2.27. The summed E-state index contributed by atoms with van der Waals surface area (Å²) in [4.78, 5) is 0.283. The number of aromatic nitrogens is 2. The number of fused-ring (bicyclic) bond motifs is 1. The van der Waals surface area contributed by atoms with Crippen molar-refractivity contribution < 1.29 is 13.0 Å². The van der Waals surface area contributed by atoms with Crippen LogP contribution < -0.4 is 4.72 Å². The van der Waals surface area contributed by atoms with E-state index < -0.39 is 10.0 Å². The van der Waals surface area contributed by atoms with Gasteiger partial charge in [-0.3, -0.25) is 4.72 Å². The Morgan fingerprint density at radius 3 is 2.67 bits per heavy atom. The van der Waals surface area contributed by atoms with E-state index in [4.69, 9.17) is 0 Å². The Hall–Kier alpha value is -2.41. The minimum Gasteiger partial charge on any atom is -0.280 e. The SMILES string of the molecule is CCc1ccccc1S(=O)(=O)Nc1ccc2nonc2c1. The number of rotatable bonds is 4. The molecule has 3 aromatic rings. The largest absolute Gasteiger partial charge is 0.280 e. The molecule has 0 bridgehead atoms. The predicted octanol–water partition coefficient (Wildman–Crippen LogP) is 2.59. The zero-order chi connectivity index (χ0) is 14.9. The van der Waals surface area contributed by atoms with Crippen molar-refractivity contribution >= 4 is 26.7 Å². The lowest BCUT2D eigenvalue weighted by atomic mass is 10.2. The normalized spacial score (nSPS) is 11.7. The first-order valence-electron chi connectivity index (χ1n) is 6.43. The molecule has 2 aromatic carbocycles. The first-order chi connectivity index (χ1) is 10.1. The van der Waals surface area contributed by atoms with Crippen LogP contribution in [-0.4, -0.2) is 18.7 Å². The highest BCUT2D eigenvalue weighted by Gasteiger charge is 2.17. The van der Waals surface area contributed by atoms with E-state index in [9.17, 15) is 8.42 Å². The Bertz CT molecular complexity index is 887. The van der Waals surface area contributed by atoms with Crippen LogP contribution in [0.4, 0.5) is 5.69 Å². The van der Waals surface area contributed by atoms with Crippen LogP contribution in [-0.2, 0) is 16.4 Å². The number of hydrogen-bond acceptors (Lipinski definition) is 5. The van der Waals surface area contributed by atoms with E-state index in [0.29, 0.717) is 23.1 Å². The molecule has 0 aliphatic rings. The Labute approximate surface area is 121 Å². The Morgan fingerprint density at radius 1 is 1.10 bits per heavy atom. The number of benzene rings is 2. The molecule has 0 fully saturated rings. The molecule has 0 saturated carbocycles. The standard InChI is InChI=1S/C14H13N3O3S/c1-2-10-5-3-4-6-14(10)21(18,19)17-11-7-8-12-13(9-11)16-20-15-12/h3-9,17H,2H2,1H3. The third-order valence-corrected chi connectivity index (χ3v) is 4.63. The summed E-state index contributed by atoms with van der Waals surface area (Å²) >= 11 is 0. The molecule has 0 amide bonds. The molecule has 108 valence electrons. The van der Waals surface area contributed by atoms with Crippen LogP contribution in [0, 0.1) is 0 Å². The van der Waals surface area contributed by atoms with E-state index in [0.717, 1.165) is 5.56 Å². The highest BCUT2D eigenvalue weighted by molar-refractivity contribution is 7.92. The maximum absolute atomic E-state index is 12.5. The molecular formula is C14H13N3O3S. The monoisotopic (exact) mass is 303 g/mol. The van der Waals surface area contributed by atoms with Gasteiger partial charge in [0.1, 0.15) is 11.0 Å². The molecule has 21 heavy (non-hydrogen) atoms. The number of nitrogens with one attached hydrogen (secondary N) is 1. The van der Waals surface area contributed by atoms with Crippen LogP contribution in [0.1, 0.15) is 12.5 Å². The molecule has 0 aliphatic carbocycles. The van der Waals surface area contributed by atoms with E-state index in [1.165, 1.54) is 0 Å². The lowest BCUT2D eigenvalue weighted by molar-refractivity contribution is 0.315. The van der Waals surface area contributed by atoms with E-state index >= 15 is 0 Å². The van der Waals surface area contributed by atoms with Crippen LogP contribution in [0.5, 0.6) is 0 Å². The summed E-state index contributed by atoms with van der Waals surface area (Å²) in [7, 11) is -3.64. The zero-order valence-corrected chi connectivity index (χ0v) is 12.1. The quantitative estimate of drug-likeness (QED) is 0.800. The first-order valence-corrected chi connectivity index (χ1v) is 7.91. The van der Waals surface area contributed by atoms with Crippen LogP contribution in [0.25, 0.3) is 11.0 Å². The van der Waals surface area contributed by atoms with Crippen molar-refractivity contribution in [3.63, 3.8) is 0 Å².